The molecule has 12 heteroatoms. The summed E-state index contributed by atoms with van der Waals surface area (Å²) in [5.41, 5.74) is -0.280. The van der Waals surface area contributed by atoms with Gasteiger partial charge >= 0.3 is 12.1 Å². The smallest absolute Gasteiger partial charge is 0.416 e. The van der Waals surface area contributed by atoms with Crippen molar-refractivity contribution >= 4 is 16.0 Å². The summed E-state index contributed by atoms with van der Waals surface area (Å²) in [5, 5.41) is 22.5. The minimum atomic E-state index is -4.78. The number of β-amino-alcohol motifs (C(OH)–C–C–N with tert-alkyl or cyclic N) is 1. The Hall–Kier alpha value is -2.54. The van der Waals surface area contributed by atoms with Crippen LogP contribution in [0.4, 0.5) is 13.2 Å². The molecule has 0 spiro atoms. The summed E-state index contributed by atoms with van der Waals surface area (Å²) in [7, 11) is -3.16. The van der Waals surface area contributed by atoms with Crippen LogP contribution in [0.1, 0.15) is 56.2 Å². The first-order valence-corrected chi connectivity index (χ1v) is 13.8. The minimum Gasteiger partial charge on any atom is -0.481 e. The number of carbonyl (C=O) groups is 1. The van der Waals surface area contributed by atoms with Crippen molar-refractivity contribution in [2.75, 3.05) is 20.1 Å². The lowest BCUT2D eigenvalue weighted by atomic mass is 9.95. The zero-order valence-corrected chi connectivity index (χ0v) is 22.6. The maximum Gasteiger partial charge on any atom is 0.416 e. The largest absolute Gasteiger partial charge is 0.481 e. The number of alkyl halides is 3. The molecular weight excluding hydrogens is 523 g/mol. The number of sulfonamides is 1. The number of hydrogen-bond donors (Lipinski definition) is 3. The number of aliphatic carboxylic acids is 1. The molecule has 3 N–H and O–H groups in total. The summed E-state index contributed by atoms with van der Waals surface area (Å²) < 4.78 is 67.3. The average Bonchev–Trinajstić information content (AvgIpc) is 2.82. The number of aromatic nitrogens is 1. The molecule has 2 rings (SSSR count). The molecule has 2 aromatic rings. The number of carboxylic acids is 1. The minimum absolute atomic E-state index is 0.0229. The molecule has 8 nitrogen and oxygen atoms in total. The first-order chi connectivity index (χ1) is 17.6. The molecule has 1 atom stereocenters. The van der Waals surface area contributed by atoms with Crippen molar-refractivity contribution in [2.24, 2.45) is 0 Å². The normalized spacial score (nSPS) is 13.6. The van der Waals surface area contributed by atoms with Crippen LogP contribution in [-0.2, 0) is 33.8 Å². The van der Waals surface area contributed by atoms with Gasteiger partial charge in [0.2, 0.25) is 10.0 Å². The van der Waals surface area contributed by atoms with Gasteiger partial charge in [-0.3, -0.25) is 9.78 Å². The molecule has 1 unspecified atom stereocenters. The number of carboxylic acid groups (broad SMARTS) is 1. The highest BCUT2D eigenvalue weighted by Crippen LogP contribution is 2.33. The first-order valence-electron chi connectivity index (χ1n) is 12.3. The molecule has 1 heterocycles. The molecule has 0 aliphatic carbocycles. The van der Waals surface area contributed by atoms with Crippen LogP contribution in [0.25, 0.3) is 0 Å². The molecule has 0 saturated carbocycles. The molecule has 212 valence electrons. The van der Waals surface area contributed by atoms with Gasteiger partial charge in [0.1, 0.15) is 0 Å². The molecule has 0 aliphatic rings. The maximum absolute atomic E-state index is 13.4. The van der Waals surface area contributed by atoms with Gasteiger partial charge in [-0.15, -0.1) is 0 Å². The number of likely N-dealkylation sites (N-methyl/N-ethyl adjacent to an activating group) is 1. The van der Waals surface area contributed by atoms with Gasteiger partial charge in [-0.05, 0) is 81.3 Å². The van der Waals surface area contributed by atoms with Crippen LogP contribution in [0.2, 0.25) is 0 Å². The molecule has 0 fully saturated rings. The second-order valence-corrected chi connectivity index (χ2v) is 12.1. The van der Waals surface area contributed by atoms with E-state index in [9.17, 15) is 31.5 Å². The molecule has 38 heavy (non-hydrogen) atoms. The lowest BCUT2D eigenvalue weighted by Gasteiger charge is -2.29. The quantitative estimate of drug-likeness (QED) is 0.303. The van der Waals surface area contributed by atoms with E-state index >= 15 is 0 Å². The fourth-order valence-corrected chi connectivity index (χ4v) is 5.27. The van der Waals surface area contributed by atoms with E-state index in [0.29, 0.717) is 6.07 Å². The third-order valence-electron chi connectivity index (χ3n) is 6.13. The van der Waals surface area contributed by atoms with E-state index in [4.69, 9.17) is 5.11 Å². The second-order valence-electron chi connectivity index (χ2n) is 10.0. The van der Waals surface area contributed by atoms with Crippen molar-refractivity contribution in [3.8, 4) is 0 Å². The van der Waals surface area contributed by atoms with Crippen LogP contribution >= 0.6 is 0 Å². The molecular formula is C26H36F3N3O5S. The van der Waals surface area contributed by atoms with E-state index in [1.165, 1.54) is 7.05 Å². The molecule has 0 bridgehead atoms. The fraction of sp³-hybridized carbons (Fsp3) is 0.538. The van der Waals surface area contributed by atoms with Crippen molar-refractivity contribution in [2.45, 2.75) is 75.1 Å². The van der Waals surface area contributed by atoms with Crippen LogP contribution in [0.15, 0.2) is 47.6 Å². The number of hydrogen-bond acceptors (Lipinski definition) is 6. The van der Waals surface area contributed by atoms with Crippen LogP contribution < -0.4 is 5.32 Å². The molecule has 0 aliphatic heterocycles. The standard InChI is InChI=1S/C26H36F3N3O5S/c1-25(2,11-5-8-19-9-6-12-30-16-19)31-17-22(33)18-32(3)38(36,37)23-14-20(7-4-10-24(34)35)13-21(15-23)26(27,28)29/h6,9,12-16,22,31,33H,4-5,7-8,10-11,17-18H2,1-3H3,(H,34,35). The van der Waals surface area contributed by atoms with E-state index in [1.807, 2.05) is 32.2 Å². The number of nitrogens with zero attached hydrogens (tertiary/aromatic N) is 2. The average molecular weight is 560 g/mol. The molecule has 0 amide bonds. The van der Waals surface area contributed by atoms with Gasteiger partial charge < -0.3 is 15.5 Å². The SMILES string of the molecule is CN(CC(O)CNC(C)(C)CCCc1cccnc1)S(=O)(=O)c1cc(CCCC(=O)O)cc(C(F)(F)F)c1. The van der Waals surface area contributed by atoms with E-state index in [1.54, 1.807) is 6.20 Å². The van der Waals surface area contributed by atoms with Gasteiger partial charge in [0.05, 0.1) is 16.6 Å². The van der Waals surface area contributed by atoms with Crippen molar-refractivity contribution in [1.82, 2.24) is 14.6 Å². The Morgan fingerprint density at radius 1 is 1.13 bits per heavy atom. The summed E-state index contributed by atoms with van der Waals surface area (Å²) in [6.07, 6.45) is -0.0659. The molecule has 1 aromatic carbocycles. The summed E-state index contributed by atoms with van der Waals surface area (Å²) in [6, 6.07) is 6.38. The first kappa shape index (κ1) is 31.7. The highest BCUT2D eigenvalue weighted by Gasteiger charge is 2.34. The highest BCUT2D eigenvalue weighted by molar-refractivity contribution is 7.89. The summed E-state index contributed by atoms with van der Waals surface area (Å²) in [6.45, 7) is 3.70. The number of halogens is 3. The molecule has 0 radical (unpaired) electrons. The predicted molar refractivity (Wildman–Crippen MR) is 137 cm³/mol. The van der Waals surface area contributed by atoms with Crippen LogP contribution in [0, 0.1) is 0 Å². The second kappa shape index (κ2) is 13.5. The maximum atomic E-state index is 13.4. The highest BCUT2D eigenvalue weighted by atomic mass is 32.2. The van der Waals surface area contributed by atoms with Crippen LogP contribution in [-0.4, -0.2) is 65.7 Å². The van der Waals surface area contributed by atoms with E-state index in [-0.39, 0.29) is 43.5 Å². The Kier molecular flexibility index (Phi) is 11.3. The van der Waals surface area contributed by atoms with Crippen molar-refractivity contribution in [3.63, 3.8) is 0 Å². The fourth-order valence-electron chi connectivity index (χ4n) is 3.96. The lowest BCUT2D eigenvalue weighted by Crippen LogP contribution is -2.46. The van der Waals surface area contributed by atoms with Crippen LogP contribution in [0.3, 0.4) is 0 Å². The van der Waals surface area contributed by atoms with E-state index < -0.39 is 38.7 Å². The number of aliphatic hydroxyl groups excluding tert-OH is 1. The van der Waals surface area contributed by atoms with Gasteiger partial charge in [0, 0.05) is 44.5 Å². The lowest BCUT2D eigenvalue weighted by molar-refractivity contribution is -0.138. The number of pyridine rings is 1. The van der Waals surface area contributed by atoms with E-state index in [0.717, 1.165) is 41.3 Å². The number of benzene rings is 1. The Balaban J connectivity index is 2.01. The zero-order valence-electron chi connectivity index (χ0n) is 21.8. The zero-order chi connectivity index (χ0) is 28.6. The summed E-state index contributed by atoms with van der Waals surface area (Å²) >= 11 is 0. The Morgan fingerprint density at radius 2 is 1.82 bits per heavy atom. The Labute approximate surface area is 221 Å². The van der Waals surface area contributed by atoms with Crippen LogP contribution in [0.5, 0.6) is 0 Å². The molecule has 1 aromatic heterocycles. The van der Waals surface area contributed by atoms with Gasteiger partial charge in [-0.2, -0.15) is 17.5 Å². The molecule has 0 saturated heterocycles. The Morgan fingerprint density at radius 3 is 2.42 bits per heavy atom. The number of aryl methyl sites for hydroxylation is 2. The number of rotatable bonds is 15. The van der Waals surface area contributed by atoms with Crippen molar-refractivity contribution in [3.05, 3.63) is 59.4 Å². The third kappa shape index (κ3) is 10.3. The van der Waals surface area contributed by atoms with Gasteiger partial charge in [0.15, 0.2) is 0 Å². The Bertz CT molecular complexity index is 1160. The van der Waals surface area contributed by atoms with E-state index in [2.05, 4.69) is 10.3 Å². The van der Waals surface area contributed by atoms with Gasteiger partial charge in [-0.25, -0.2) is 8.42 Å². The number of aliphatic hydroxyl groups is 1. The van der Waals surface area contributed by atoms with Crippen molar-refractivity contribution in [1.29, 1.82) is 0 Å². The third-order valence-corrected chi connectivity index (χ3v) is 7.93. The number of nitrogens with one attached hydrogen (secondary N) is 1. The predicted octanol–water partition coefficient (Wildman–Crippen LogP) is 3.88. The van der Waals surface area contributed by atoms with Gasteiger partial charge in [-0.1, -0.05) is 6.07 Å². The topological polar surface area (TPSA) is 120 Å². The summed E-state index contributed by atoms with van der Waals surface area (Å²) in [4.78, 5) is 14.3. The van der Waals surface area contributed by atoms with Gasteiger partial charge in [0.25, 0.3) is 0 Å². The van der Waals surface area contributed by atoms with Crippen molar-refractivity contribution < 1.29 is 36.6 Å². The monoisotopic (exact) mass is 559 g/mol. The summed E-state index contributed by atoms with van der Waals surface area (Å²) in [5.74, 6) is -1.09.